The number of nitrogens with one attached hydrogen (secondary N) is 1. The van der Waals surface area contributed by atoms with Gasteiger partial charge in [-0.2, -0.15) is 0 Å². The smallest absolute Gasteiger partial charge is 0.126 e. The second-order valence-corrected chi connectivity index (χ2v) is 5.36. The molecule has 0 saturated heterocycles. The predicted octanol–water partition coefficient (Wildman–Crippen LogP) is 2.85. The van der Waals surface area contributed by atoms with Gasteiger partial charge in [0.2, 0.25) is 0 Å². The standard InChI is InChI=1S/C16H23N3O/c1-4-16(2,17)15-18-11-14(19-15)13-7-5-12(6-8-13)9-10-20-3/h5-8,11H,4,9-10,17H2,1-3H3,(H,18,19). The highest BCUT2D eigenvalue weighted by Gasteiger charge is 2.22. The minimum absolute atomic E-state index is 0.406. The Hall–Kier alpha value is -1.65. The van der Waals surface area contributed by atoms with E-state index in [1.54, 1.807) is 7.11 Å². The van der Waals surface area contributed by atoms with Gasteiger partial charge in [-0.3, -0.25) is 0 Å². The topological polar surface area (TPSA) is 63.9 Å². The average Bonchev–Trinajstić information content (AvgIpc) is 2.96. The Bertz CT molecular complexity index is 543. The SMILES string of the molecule is CCC(C)(N)c1ncc(-c2ccc(CCOC)cc2)[nH]1. The van der Waals surface area contributed by atoms with E-state index in [9.17, 15) is 0 Å². The van der Waals surface area contributed by atoms with E-state index in [1.807, 2.05) is 13.1 Å². The molecule has 0 aliphatic heterocycles. The van der Waals surface area contributed by atoms with E-state index in [1.165, 1.54) is 5.56 Å². The van der Waals surface area contributed by atoms with E-state index >= 15 is 0 Å². The van der Waals surface area contributed by atoms with E-state index < -0.39 is 5.54 Å². The first kappa shape index (κ1) is 14.8. The quantitative estimate of drug-likeness (QED) is 0.850. The summed E-state index contributed by atoms with van der Waals surface area (Å²) >= 11 is 0. The van der Waals surface area contributed by atoms with Crippen LogP contribution < -0.4 is 5.73 Å². The van der Waals surface area contributed by atoms with Gasteiger partial charge in [0.15, 0.2) is 0 Å². The number of rotatable bonds is 6. The third-order valence-electron chi connectivity index (χ3n) is 3.71. The zero-order valence-electron chi connectivity index (χ0n) is 12.4. The number of nitrogens with zero attached hydrogens (tertiary/aromatic N) is 1. The van der Waals surface area contributed by atoms with Crippen LogP contribution >= 0.6 is 0 Å². The molecule has 3 N–H and O–H groups in total. The van der Waals surface area contributed by atoms with Gasteiger partial charge in [0, 0.05) is 7.11 Å². The molecular formula is C16H23N3O. The third-order valence-corrected chi connectivity index (χ3v) is 3.71. The van der Waals surface area contributed by atoms with E-state index in [4.69, 9.17) is 10.5 Å². The molecule has 20 heavy (non-hydrogen) atoms. The van der Waals surface area contributed by atoms with Crippen molar-refractivity contribution in [1.82, 2.24) is 9.97 Å². The van der Waals surface area contributed by atoms with Crippen molar-refractivity contribution in [1.29, 1.82) is 0 Å². The lowest BCUT2D eigenvalue weighted by atomic mass is 10.00. The van der Waals surface area contributed by atoms with Gasteiger partial charge in [-0.25, -0.2) is 4.98 Å². The summed E-state index contributed by atoms with van der Waals surface area (Å²) in [6.07, 6.45) is 3.62. The van der Waals surface area contributed by atoms with E-state index in [0.29, 0.717) is 0 Å². The van der Waals surface area contributed by atoms with Crippen LogP contribution in [0.25, 0.3) is 11.3 Å². The fraction of sp³-hybridized carbons (Fsp3) is 0.438. The summed E-state index contributed by atoms with van der Waals surface area (Å²) in [5.41, 5.74) is 9.19. The van der Waals surface area contributed by atoms with Gasteiger partial charge in [0.25, 0.3) is 0 Å². The van der Waals surface area contributed by atoms with Gasteiger partial charge in [-0.15, -0.1) is 0 Å². The zero-order valence-corrected chi connectivity index (χ0v) is 12.4. The maximum Gasteiger partial charge on any atom is 0.126 e. The molecule has 108 valence electrons. The second-order valence-electron chi connectivity index (χ2n) is 5.36. The number of aromatic amines is 1. The van der Waals surface area contributed by atoms with Crippen LogP contribution in [-0.4, -0.2) is 23.7 Å². The highest BCUT2D eigenvalue weighted by atomic mass is 16.5. The van der Waals surface area contributed by atoms with E-state index in [2.05, 4.69) is 41.2 Å². The molecule has 0 saturated carbocycles. The normalized spacial score (nSPS) is 14.2. The van der Waals surface area contributed by atoms with Crippen molar-refractivity contribution in [2.45, 2.75) is 32.2 Å². The molecule has 0 radical (unpaired) electrons. The maximum absolute atomic E-state index is 6.20. The second kappa shape index (κ2) is 6.20. The fourth-order valence-electron chi connectivity index (χ4n) is 2.00. The van der Waals surface area contributed by atoms with Crippen LogP contribution in [0.3, 0.4) is 0 Å². The number of hydrogen-bond acceptors (Lipinski definition) is 3. The van der Waals surface area contributed by atoms with Crippen molar-refractivity contribution >= 4 is 0 Å². The number of imidazole rings is 1. The molecule has 0 fully saturated rings. The number of methoxy groups -OCH3 is 1. The lowest BCUT2D eigenvalue weighted by molar-refractivity contribution is 0.202. The Kier molecular flexibility index (Phi) is 4.57. The Morgan fingerprint density at radius 2 is 2.00 bits per heavy atom. The number of ether oxygens (including phenoxy) is 1. The van der Waals surface area contributed by atoms with Crippen LogP contribution in [-0.2, 0) is 16.7 Å². The Labute approximate surface area is 120 Å². The number of benzene rings is 1. The molecule has 4 nitrogen and oxygen atoms in total. The molecule has 1 atom stereocenters. The third kappa shape index (κ3) is 3.26. The molecule has 1 aromatic heterocycles. The molecule has 0 amide bonds. The summed E-state index contributed by atoms with van der Waals surface area (Å²) in [5.74, 6) is 0.832. The first-order chi connectivity index (χ1) is 9.56. The zero-order chi connectivity index (χ0) is 14.6. The van der Waals surface area contributed by atoms with Gasteiger partial charge >= 0.3 is 0 Å². The summed E-state index contributed by atoms with van der Waals surface area (Å²) in [4.78, 5) is 7.73. The van der Waals surface area contributed by atoms with Crippen molar-refractivity contribution in [3.63, 3.8) is 0 Å². The molecule has 1 aromatic carbocycles. The average molecular weight is 273 g/mol. The van der Waals surface area contributed by atoms with Crippen LogP contribution in [0.4, 0.5) is 0 Å². The van der Waals surface area contributed by atoms with Gasteiger partial charge in [0.1, 0.15) is 5.82 Å². The van der Waals surface area contributed by atoms with Gasteiger partial charge < -0.3 is 15.5 Å². The summed E-state index contributed by atoms with van der Waals surface area (Å²) in [6, 6.07) is 8.44. The fourth-order valence-corrected chi connectivity index (χ4v) is 2.00. The highest BCUT2D eigenvalue weighted by molar-refractivity contribution is 5.59. The molecule has 0 aliphatic carbocycles. The Morgan fingerprint density at radius 3 is 2.60 bits per heavy atom. The summed E-state index contributed by atoms with van der Waals surface area (Å²) in [5, 5.41) is 0. The largest absolute Gasteiger partial charge is 0.384 e. The number of hydrogen-bond donors (Lipinski definition) is 2. The lowest BCUT2D eigenvalue weighted by Gasteiger charge is -2.19. The van der Waals surface area contributed by atoms with Crippen LogP contribution in [0.2, 0.25) is 0 Å². The summed E-state index contributed by atoms with van der Waals surface area (Å²) in [6.45, 7) is 4.80. The van der Waals surface area contributed by atoms with Crippen molar-refractivity contribution in [3.8, 4) is 11.3 Å². The van der Waals surface area contributed by atoms with E-state index in [-0.39, 0.29) is 0 Å². The van der Waals surface area contributed by atoms with Crippen molar-refractivity contribution in [2.75, 3.05) is 13.7 Å². The molecule has 2 rings (SSSR count). The highest BCUT2D eigenvalue weighted by Crippen LogP contribution is 2.23. The number of H-pyrrole nitrogens is 1. The minimum atomic E-state index is -0.406. The van der Waals surface area contributed by atoms with Crippen LogP contribution in [0, 0.1) is 0 Å². The van der Waals surface area contributed by atoms with Crippen LogP contribution in [0.15, 0.2) is 30.5 Å². The van der Waals surface area contributed by atoms with E-state index in [0.717, 1.165) is 36.5 Å². The molecule has 0 aliphatic rings. The molecule has 1 unspecified atom stereocenters. The minimum Gasteiger partial charge on any atom is -0.384 e. The lowest BCUT2D eigenvalue weighted by Crippen LogP contribution is -2.33. The molecule has 2 aromatic rings. The van der Waals surface area contributed by atoms with Gasteiger partial charge in [-0.05, 0) is 30.9 Å². The maximum atomic E-state index is 6.20. The summed E-state index contributed by atoms with van der Waals surface area (Å²) < 4.78 is 5.08. The Balaban J connectivity index is 2.16. The number of nitrogens with two attached hydrogens (primary N) is 1. The monoisotopic (exact) mass is 273 g/mol. The van der Waals surface area contributed by atoms with Crippen molar-refractivity contribution in [2.24, 2.45) is 5.73 Å². The van der Waals surface area contributed by atoms with Crippen LogP contribution in [0.5, 0.6) is 0 Å². The molecule has 1 heterocycles. The van der Waals surface area contributed by atoms with Crippen LogP contribution in [0.1, 0.15) is 31.7 Å². The molecule has 0 bridgehead atoms. The number of aromatic nitrogens is 2. The van der Waals surface area contributed by atoms with Gasteiger partial charge in [-0.1, -0.05) is 31.2 Å². The van der Waals surface area contributed by atoms with Gasteiger partial charge in [0.05, 0.1) is 24.0 Å². The predicted molar refractivity (Wildman–Crippen MR) is 81.4 cm³/mol. The Morgan fingerprint density at radius 1 is 1.30 bits per heavy atom. The summed E-state index contributed by atoms with van der Waals surface area (Å²) in [7, 11) is 1.72. The first-order valence-electron chi connectivity index (χ1n) is 6.99. The molecule has 4 heteroatoms. The molecular weight excluding hydrogens is 250 g/mol. The first-order valence-corrected chi connectivity index (χ1v) is 6.99. The molecule has 0 spiro atoms. The van der Waals surface area contributed by atoms with Crippen molar-refractivity contribution in [3.05, 3.63) is 41.9 Å². The van der Waals surface area contributed by atoms with Crippen molar-refractivity contribution < 1.29 is 4.74 Å².